The second-order valence-electron chi connectivity index (χ2n) is 7.82. The maximum Gasteiger partial charge on any atom is 0.352 e. The summed E-state index contributed by atoms with van der Waals surface area (Å²) in [6.07, 6.45) is -1.51. The number of nitrogens with zero attached hydrogens (tertiary/aromatic N) is 6. The molecule has 3 aromatic rings. The van der Waals surface area contributed by atoms with E-state index in [0.717, 1.165) is 0 Å². The van der Waals surface area contributed by atoms with Crippen LogP contribution >= 0.6 is 23.5 Å². The Morgan fingerprint density at radius 3 is 2.94 bits per heavy atom. The van der Waals surface area contributed by atoms with E-state index in [-0.39, 0.29) is 11.4 Å². The number of aliphatic carboxylic acids is 1. The Kier molecular flexibility index (Phi) is 6.51. The molecule has 1 aromatic carbocycles. The Hall–Kier alpha value is -3.69. The molecule has 4 heterocycles. The van der Waals surface area contributed by atoms with Gasteiger partial charge in [-0.3, -0.25) is 14.5 Å². The van der Waals surface area contributed by atoms with Crippen molar-refractivity contribution in [1.82, 2.24) is 35.5 Å². The van der Waals surface area contributed by atoms with Crippen LogP contribution in [-0.4, -0.2) is 88.2 Å². The highest BCUT2D eigenvalue weighted by Gasteiger charge is 2.54. The van der Waals surface area contributed by atoms with Gasteiger partial charge in [0.2, 0.25) is 0 Å². The molecule has 0 radical (unpaired) electrons. The number of amides is 2. The average molecular weight is 530 g/mol. The third kappa shape index (κ3) is 4.36. The number of carbonyl (C=O) groups is 3. The number of hydrogen-bond donors (Lipinski definition) is 3. The van der Waals surface area contributed by atoms with Gasteiger partial charge in [-0.25, -0.2) is 4.79 Å². The van der Waals surface area contributed by atoms with Crippen molar-refractivity contribution < 1.29 is 29.3 Å². The van der Waals surface area contributed by atoms with Crippen molar-refractivity contribution in [3.63, 3.8) is 0 Å². The van der Waals surface area contributed by atoms with Gasteiger partial charge in [0, 0.05) is 11.5 Å². The zero-order valence-corrected chi connectivity index (χ0v) is 20.3. The van der Waals surface area contributed by atoms with Gasteiger partial charge in [-0.15, -0.1) is 38.4 Å². The molecule has 3 N–H and O–H groups in total. The molecule has 186 valence electrons. The number of carboxylic acids is 1. The third-order valence-corrected chi connectivity index (χ3v) is 7.99. The van der Waals surface area contributed by atoms with Crippen molar-refractivity contribution in [2.24, 2.45) is 0 Å². The number of ether oxygens (including phenoxy) is 1. The zero-order valence-electron chi connectivity index (χ0n) is 18.6. The third-order valence-electron chi connectivity index (χ3n) is 5.64. The van der Waals surface area contributed by atoms with Gasteiger partial charge in [-0.1, -0.05) is 12.1 Å². The van der Waals surface area contributed by atoms with Gasteiger partial charge in [0.1, 0.15) is 27.9 Å². The molecule has 15 heteroatoms. The first-order valence-electron chi connectivity index (χ1n) is 10.6. The lowest BCUT2D eigenvalue weighted by Gasteiger charge is -2.49. The summed E-state index contributed by atoms with van der Waals surface area (Å²) in [4.78, 5) is 38.8. The van der Waals surface area contributed by atoms with E-state index >= 15 is 0 Å². The molecular weight excluding hydrogens is 510 g/mol. The fourth-order valence-corrected chi connectivity index (χ4v) is 6.20. The first kappa shape index (κ1) is 24.0. The highest BCUT2D eigenvalue weighted by Crippen LogP contribution is 2.41. The van der Waals surface area contributed by atoms with E-state index in [1.54, 1.807) is 30.3 Å². The number of tetrazole rings is 1. The Bertz CT molecular complexity index is 1400. The van der Waals surface area contributed by atoms with Crippen molar-refractivity contribution in [3.05, 3.63) is 53.2 Å². The first-order chi connectivity index (χ1) is 17.4. The number of β-lactam (4-membered cyclic amide) rings is 1. The van der Waals surface area contributed by atoms with Crippen molar-refractivity contribution in [2.75, 3.05) is 18.6 Å². The number of aliphatic hydroxyl groups excluding tert-OH is 1. The van der Waals surface area contributed by atoms with Crippen molar-refractivity contribution >= 4 is 47.0 Å². The van der Waals surface area contributed by atoms with Crippen LogP contribution in [0.15, 0.2) is 52.7 Å². The predicted molar refractivity (Wildman–Crippen MR) is 127 cm³/mol. The van der Waals surface area contributed by atoms with Gasteiger partial charge in [-0.2, -0.15) is 0 Å². The molecule has 3 atom stereocenters. The van der Waals surface area contributed by atoms with Crippen molar-refractivity contribution in [1.29, 1.82) is 0 Å². The summed E-state index contributed by atoms with van der Waals surface area (Å²) in [5.74, 6) is -1.42. The number of benzene rings is 1. The number of aromatic nitrogens is 5. The van der Waals surface area contributed by atoms with Crippen LogP contribution in [0.4, 0.5) is 0 Å². The van der Waals surface area contributed by atoms with Crippen LogP contribution in [0.5, 0.6) is 5.75 Å². The summed E-state index contributed by atoms with van der Waals surface area (Å²) in [5.41, 5.74) is 1.25. The summed E-state index contributed by atoms with van der Waals surface area (Å²) < 4.78 is 6.38. The lowest BCUT2D eigenvalue weighted by molar-refractivity contribution is -0.151. The predicted octanol–water partition coefficient (Wildman–Crippen LogP) is 0.0922. The molecule has 1 saturated heterocycles. The number of rotatable bonds is 8. The van der Waals surface area contributed by atoms with Crippen LogP contribution in [0.1, 0.15) is 11.7 Å². The molecule has 0 spiro atoms. The Labute approximate surface area is 211 Å². The number of thioether (sulfide) groups is 2. The summed E-state index contributed by atoms with van der Waals surface area (Å²) in [6.45, 7) is 0. The molecule has 5 rings (SSSR count). The highest BCUT2D eigenvalue weighted by atomic mass is 32.2. The molecule has 2 aliphatic heterocycles. The van der Waals surface area contributed by atoms with Crippen LogP contribution in [0.2, 0.25) is 0 Å². The number of fused-ring (bicyclic) bond motifs is 2. The van der Waals surface area contributed by atoms with E-state index in [1.807, 2.05) is 0 Å². The molecule has 0 aliphatic carbocycles. The minimum absolute atomic E-state index is 0.0985. The molecule has 36 heavy (non-hydrogen) atoms. The van der Waals surface area contributed by atoms with Crippen molar-refractivity contribution in [3.8, 4) is 5.75 Å². The Morgan fingerprint density at radius 2 is 2.17 bits per heavy atom. The van der Waals surface area contributed by atoms with E-state index in [1.165, 1.54) is 46.2 Å². The van der Waals surface area contributed by atoms with E-state index in [9.17, 15) is 24.6 Å². The average Bonchev–Trinajstić information content (AvgIpc) is 3.37. The Balaban J connectivity index is 1.28. The van der Waals surface area contributed by atoms with E-state index in [0.29, 0.717) is 33.3 Å². The monoisotopic (exact) mass is 529 g/mol. The number of carbonyl (C=O) groups excluding carboxylic acids is 2. The van der Waals surface area contributed by atoms with Crippen LogP contribution < -0.4 is 10.1 Å². The summed E-state index contributed by atoms with van der Waals surface area (Å²) in [5, 5.41) is 38.2. The van der Waals surface area contributed by atoms with Crippen molar-refractivity contribution in [2.45, 2.75) is 22.5 Å². The quantitative estimate of drug-likeness (QED) is 0.266. The first-order valence-corrected chi connectivity index (χ1v) is 12.6. The molecule has 1 unspecified atom stereocenters. The second-order valence-corrected chi connectivity index (χ2v) is 9.92. The molecular formula is C21H19N7O6S2. The van der Waals surface area contributed by atoms with E-state index in [4.69, 9.17) is 4.74 Å². The molecule has 2 aliphatic rings. The summed E-state index contributed by atoms with van der Waals surface area (Å²) >= 11 is 2.64. The number of hydrogen-bond acceptors (Lipinski definition) is 11. The summed E-state index contributed by atoms with van der Waals surface area (Å²) in [7, 11) is 1.47. The number of methoxy groups -OCH3 is 1. The number of aliphatic hydroxyl groups is 1. The Morgan fingerprint density at radius 1 is 1.33 bits per heavy atom. The minimum atomic E-state index is -1.51. The van der Waals surface area contributed by atoms with Gasteiger partial charge < -0.3 is 20.3 Å². The molecule has 1 fully saturated rings. The molecule has 0 saturated carbocycles. The van der Waals surface area contributed by atoms with Crippen LogP contribution in [0.25, 0.3) is 5.65 Å². The normalized spacial score (nSPS) is 20.1. The standard InChI is InChI=1S/C21H19N7O6S2/c1-34-12-4-2-3-10(7-12)17(29)18(30)22-15-19(31)27-16(21(32)33)11(9-36-20(15)27)8-35-14-6-5-13-23-25-26-28(13)24-14/h2-7,15,17,20,29H,8-9H2,1H3,(H,22,30)(H,32,33)/t15?,17-,20-/m1/s1. The second kappa shape index (κ2) is 9.75. The van der Waals surface area contributed by atoms with Crippen LogP contribution in [-0.2, 0) is 14.4 Å². The highest BCUT2D eigenvalue weighted by molar-refractivity contribution is 8.01. The van der Waals surface area contributed by atoms with Crippen LogP contribution in [0, 0.1) is 0 Å². The topological polar surface area (TPSA) is 172 Å². The van der Waals surface area contributed by atoms with E-state index < -0.39 is 35.3 Å². The smallest absolute Gasteiger partial charge is 0.352 e. The van der Waals surface area contributed by atoms with Gasteiger partial charge in [0.25, 0.3) is 11.8 Å². The van der Waals surface area contributed by atoms with E-state index in [2.05, 4.69) is 25.9 Å². The van der Waals surface area contributed by atoms with Crippen LogP contribution in [0.3, 0.4) is 0 Å². The van der Waals surface area contributed by atoms with Gasteiger partial charge in [-0.05, 0) is 45.8 Å². The number of carboxylic acid groups (broad SMARTS) is 1. The summed E-state index contributed by atoms with van der Waals surface area (Å²) in [6, 6.07) is 8.88. The number of nitrogens with one attached hydrogen (secondary N) is 1. The maximum atomic E-state index is 12.9. The molecule has 0 bridgehead atoms. The zero-order chi connectivity index (χ0) is 25.4. The molecule has 13 nitrogen and oxygen atoms in total. The fraction of sp³-hybridized carbons (Fsp3) is 0.286. The van der Waals surface area contributed by atoms with Gasteiger partial charge in [0.15, 0.2) is 11.8 Å². The van der Waals surface area contributed by atoms with Gasteiger partial charge >= 0.3 is 5.97 Å². The minimum Gasteiger partial charge on any atom is -0.497 e. The molecule has 2 aromatic heterocycles. The lowest BCUT2D eigenvalue weighted by atomic mass is 10.0. The fourth-order valence-electron chi connectivity index (χ4n) is 3.86. The lowest BCUT2D eigenvalue weighted by Crippen LogP contribution is -2.70. The largest absolute Gasteiger partial charge is 0.497 e. The SMILES string of the molecule is COc1cccc([C@@H](O)C(=O)NC2C(=O)N3C(C(=O)O)=C(CSc4ccc5nnnn5n4)CS[C@H]23)c1. The maximum absolute atomic E-state index is 12.9. The van der Waals surface area contributed by atoms with Gasteiger partial charge in [0.05, 0.1) is 7.11 Å². The molecule has 2 amide bonds.